The standard InChI is InChI=1S/C16H18N4O3.C16H20N4O.Pd.H2/c1-18(13-6-2-3-7-13)16(21)19-10-15(17-11-19)12-5-4-8-14(9-12)20(22)23;1-19(14-7-2-3-8-14)16(21)20-10-15(18-11-20)12-5-4-6-13(17)9-12;;/h4-5,8-11,13H,2-3,6-7H2,1H3;4-6,9-11,14H,2-3,7-8,17H2,1H3;;1H. The van der Waals surface area contributed by atoms with Crippen LogP contribution in [0.1, 0.15) is 52.8 Å². The van der Waals surface area contributed by atoms with Crippen LogP contribution >= 0.6 is 0 Å². The molecule has 2 aromatic heterocycles. The number of non-ortho nitro benzene ring substituents is 1. The van der Waals surface area contributed by atoms with E-state index in [4.69, 9.17) is 5.73 Å². The number of nitro benzene ring substituents is 1. The van der Waals surface area contributed by atoms with Crippen molar-refractivity contribution in [3.05, 3.63) is 83.7 Å². The molecule has 4 aromatic rings. The number of hydrogen-bond acceptors (Lipinski definition) is 7. The second-order valence-electron chi connectivity index (χ2n) is 11.4. The van der Waals surface area contributed by atoms with Gasteiger partial charge in [0.2, 0.25) is 0 Å². The number of hydrogen-bond donors (Lipinski definition) is 1. The molecule has 2 saturated carbocycles. The maximum absolute atomic E-state index is 12.5. The van der Waals surface area contributed by atoms with E-state index in [1.807, 2.05) is 43.3 Å². The van der Waals surface area contributed by atoms with Gasteiger partial charge < -0.3 is 15.5 Å². The molecule has 0 spiro atoms. The van der Waals surface area contributed by atoms with E-state index in [1.54, 1.807) is 40.3 Å². The third-order valence-electron chi connectivity index (χ3n) is 8.49. The molecule has 13 heteroatoms. The molecule has 0 unspecified atom stereocenters. The third-order valence-corrected chi connectivity index (χ3v) is 8.49. The summed E-state index contributed by atoms with van der Waals surface area (Å²) >= 11 is 0. The maximum Gasteiger partial charge on any atom is 0.329 e. The van der Waals surface area contributed by atoms with Crippen molar-refractivity contribution in [2.75, 3.05) is 19.8 Å². The first-order valence-electron chi connectivity index (χ1n) is 14.9. The number of amides is 2. The number of nitrogens with two attached hydrogens (primary N) is 1. The van der Waals surface area contributed by atoms with Gasteiger partial charge in [-0.3, -0.25) is 19.2 Å². The molecule has 0 saturated heterocycles. The number of nitrogen functional groups attached to an aromatic ring is 1. The van der Waals surface area contributed by atoms with Crippen LogP contribution in [0.4, 0.5) is 21.0 Å². The fourth-order valence-corrected chi connectivity index (χ4v) is 5.89. The van der Waals surface area contributed by atoms with Crippen molar-refractivity contribution < 1.29 is 36.4 Å². The van der Waals surface area contributed by atoms with Crippen molar-refractivity contribution >= 4 is 23.4 Å². The van der Waals surface area contributed by atoms with Gasteiger partial charge in [-0.2, -0.15) is 0 Å². The molecule has 0 aliphatic heterocycles. The number of imidazole rings is 2. The maximum atomic E-state index is 12.5. The Hall–Kier alpha value is -4.34. The molecule has 0 radical (unpaired) electrons. The van der Waals surface area contributed by atoms with Crippen LogP contribution in [0.25, 0.3) is 22.5 Å². The number of benzene rings is 2. The molecule has 0 bridgehead atoms. The van der Waals surface area contributed by atoms with Crippen LogP contribution in [-0.4, -0.2) is 72.1 Å². The molecule has 2 amide bonds. The number of nitro groups is 1. The van der Waals surface area contributed by atoms with Gasteiger partial charge in [-0.15, -0.1) is 0 Å². The van der Waals surface area contributed by atoms with E-state index in [0.717, 1.165) is 49.8 Å². The molecule has 2 aliphatic carbocycles. The Morgan fingerprint density at radius 3 is 1.71 bits per heavy atom. The fourth-order valence-electron chi connectivity index (χ4n) is 5.89. The van der Waals surface area contributed by atoms with Gasteiger partial charge in [-0.25, -0.2) is 19.6 Å². The summed E-state index contributed by atoms with van der Waals surface area (Å²) in [5, 5.41) is 10.9. The summed E-state index contributed by atoms with van der Waals surface area (Å²) < 4.78 is 2.99. The van der Waals surface area contributed by atoms with Crippen LogP contribution in [0, 0.1) is 10.1 Å². The smallest absolute Gasteiger partial charge is 0.329 e. The second-order valence-corrected chi connectivity index (χ2v) is 11.4. The van der Waals surface area contributed by atoms with E-state index in [2.05, 4.69) is 9.97 Å². The number of nitrogens with zero attached hydrogens (tertiary/aromatic N) is 7. The van der Waals surface area contributed by atoms with Crippen LogP contribution < -0.4 is 5.73 Å². The SMILES string of the molecule is CN(C(=O)n1cnc(-c2cccc(N)c2)c1)C1CCCC1.CN(C(=O)n1cnc(-c2cccc([N+](=O)[O-])c2)c1)C1CCCC1.[HH].[Pd]. The molecule has 45 heavy (non-hydrogen) atoms. The van der Waals surface area contributed by atoms with E-state index in [0.29, 0.717) is 23.0 Å². The van der Waals surface area contributed by atoms with Crippen molar-refractivity contribution in [1.82, 2.24) is 28.9 Å². The van der Waals surface area contributed by atoms with Crippen LogP contribution in [0.5, 0.6) is 0 Å². The zero-order valence-electron chi connectivity index (χ0n) is 25.4. The summed E-state index contributed by atoms with van der Waals surface area (Å²) in [5.41, 5.74) is 9.33. The van der Waals surface area contributed by atoms with E-state index in [-0.39, 0.29) is 45.6 Å². The van der Waals surface area contributed by atoms with E-state index in [1.165, 1.54) is 35.9 Å². The van der Waals surface area contributed by atoms with Crippen LogP contribution in [0.2, 0.25) is 0 Å². The predicted octanol–water partition coefficient (Wildman–Crippen LogP) is 6.52. The Labute approximate surface area is 277 Å². The molecule has 2 fully saturated rings. The Morgan fingerprint density at radius 2 is 1.27 bits per heavy atom. The second kappa shape index (κ2) is 15.1. The zero-order valence-corrected chi connectivity index (χ0v) is 27.0. The first-order chi connectivity index (χ1) is 21.2. The molecule has 2 N–H and O–H groups in total. The van der Waals surface area contributed by atoms with Crippen molar-refractivity contribution in [3.8, 4) is 22.5 Å². The van der Waals surface area contributed by atoms with Crippen molar-refractivity contribution in [1.29, 1.82) is 0 Å². The predicted molar refractivity (Wildman–Crippen MR) is 170 cm³/mol. The Morgan fingerprint density at radius 1 is 0.822 bits per heavy atom. The molecule has 6 rings (SSSR count). The molecule has 2 heterocycles. The first kappa shape index (κ1) is 33.6. The van der Waals surface area contributed by atoms with Gasteiger partial charge in [-0.05, 0) is 37.8 Å². The van der Waals surface area contributed by atoms with Gasteiger partial charge in [0.05, 0.1) is 16.3 Å². The zero-order chi connectivity index (χ0) is 31.2. The third kappa shape index (κ3) is 8.04. The molecule has 2 aliphatic rings. The van der Waals surface area contributed by atoms with Crippen molar-refractivity contribution in [3.63, 3.8) is 0 Å². The van der Waals surface area contributed by atoms with Crippen LogP contribution in [-0.2, 0) is 20.4 Å². The van der Waals surface area contributed by atoms with Gasteiger partial charge >= 0.3 is 12.1 Å². The summed E-state index contributed by atoms with van der Waals surface area (Å²) in [6.07, 6.45) is 15.4. The van der Waals surface area contributed by atoms with Gasteiger partial charge in [0.1, 0.15) is 12.7 Å². The minimum Gasteiger partial charge on any atom is -0.399 e. The Balaban J connectivity index is 0.000000241. The van der Waals surface area contributed by atoms with Crippen LogP contribution in [0.3, 0.4) is 0 Å². The number of carbonyl (C=O) groups is 2. The normalized spacial score (nSPS) is 14.7. The number of anilines is 1. The Kier molecular flexibility index (Phi) is 11.3. The van der Waals surface area contributed by atoms with Gasteiger partial charge in [0.25, 0.3) is 5.69 Å². The average Bonchev–Trinajstić information content (AvgIpc) is 3.87. The average molecular weight is 707 g/mol. The molecule has 2 aromatic carbocycles. The Bertz CT molecular complexity index is 1630. The van der Waals surface area contributed by atoms with E-state index < -0.39 is 4.92 Å². The summed E-state index contributed by atoms with van der Waals surface area (Å²) in [4.78, 5) is 47.5. The number of rotatable bonds is 5. The molecular weight excluding hydrogens is 667 g/mol. The minimum atomic E-state index is -0.445. The number of aromatic nitrogens is 4. The van der Waals surface area contributed by atoms with Gasteiger partial charge in [0, 0.05) is 89.4 Å². The van der Waals surface area contributed by atoms with Crippen LogP contribution in [0.15, 0.2) is 73.6 Å². The summed E-state index contributed by atoms with van der Waals surface area (Å²) in [7, 11) is 3.68. The molecular formula is C32H40N8O4Pd. The monoisotopic (exact) mass is 706 g/mol. The summed E-state index contributed by atoms with van der Waals surface area (Å²) in [5.74, 6) is 0. The minimum absolute atomic E-state index is 0. The van der Waals surface area contributed by atoms with E-state index >= 15 is 0 Å². The largest absolute Gasteiger partial charge is 0.399 e. The molecule has 0 atom stereocenters. The number of carbonyl (C=O) groups excluding carboxylic acids is 2. The van der Waals surface area contributed by atoms with E-state index in [9.17, 15) is 19.7 Å². The molecule has 12 nitrogen and oxygen atoms in total. The van der Waals surface area contributed by atoms with Crippen molar-refractivity contribution in [2.24, 2.45) is 0 Å². The first-order valence-corrected chi connectivity index (χ1v) is 14.9. The fraction of sp³-hybridized carbons (Fsp3) is 0.375. The summed E-state index contributed by atoms with van der Waals surface area (Å²) in [6.45, 7) is 0. The topological polar surface area (TPSA) is 145 Å². The molecule has 242 valence electrons. The summed E-state index contributed by atoms with van der Waals surface area (Å²) in [6, 6.07) is 14.2. The van der Waals surface area contributed by atoms with Gasteiger partial charge in [0.15, 0.2) is 0 Å². The quantitative estimate of drug-likeness (QED) is 0.108. The van der Waals surface area contributed by atoms with Gasteiger partial charge in [-0.1, -0.05) is 49.9 Å². The van der Waals surface area contributed by atoms with Crippen molar-refractivity contribution in [2.45, 2.75) is 63.5 Å².